The first-order valence-corrected chi connectivity index (χ1v) is 6.87. The van der Waals surface area contributed by atoms with Gasteiger partial charge in [0.2, 0.25) is 0 Å². The third kappa shape index (κ3) is 3.42. The van der Waals surface area contributed by atoms with Crippen LogP contribution in [0.25, 0.3) is 0 Å². The average molecular weight is 245 g/mol. The number of carbonyl (C=O) groups is 1. The topological polar surface area (TPSA) is 20.3 Å². The van der Waals surface area contributed by atoms with Crippen molar-refractivity contribution < 1.29 is 4.79 Å². The Morgan fingerprint density at radius 3 is 2.56 bits per heavy atom. The molecule has 1 saturated heterocycles. The molecular weight excluding hydrogens is 222 g/mol. The standard InChI is InChI=1S/C16H23NO/c1-12-5-4-6-15(8-12)16(18)11-17-9-13(2)7-14(3)10-17/h4-6,8,13-14H,7,9-11H2,1-3H3. The summed E-state index contributed by atoms with van der Waals surface area (Å²) in [5, 5.41) is 0. The molecule has 0 bridgehead atoms. The molecule has 18 heavy (non-hydrogen) atoms. The quantitative estimate of drug-likeness (QED) is 0.762. The van der Waals surface area contributed by atoms with Crippen molar-refractivity contribution in [3.05, 3.63) is 35.4 Å². The van der Waals surface area contributed by atoms with Crippen molar-refractivity contribution in [1.82, 2.24) is 4.90 Å². The molecule has 0 aromatic heterocycles. The maximum atomic E-state index is 12.2. The number of hydrogen-bond acceptors (Lipinski definition) is 2. The van der Waals surface area contributed by atoms with Gasteiger partial charge >= 0.3 is 0 Å². The van der Waals surface area contributed by atoms with E-state index in [1.54, 1.807) is 0 Å². The lowest BCUT2D eigenvalue weighted by atomic mass is 9.91. The smallest absolute Gasteiger partial charge is 0.176 e. The van der Waals surface area contributed by atoms with Crippen LogP contribution in [0.2, 0.25) is 0 Å². The van der Waals surface area contributed by atoms with Crippen LogP contribution >= 0.6 is 0 Å². The fourth-order valence-corrected chi connectivity index (χ4v) is 3.03. The number of hydrogen-bond donors (Lipinski definition) is 0. The second kappa shape index (κ2) is 5.66. The van der Waals surface area contributed by atoms with Gasteiger partial charge in [0, 0.05) is 18.7 Å². The minimum absolute atomic E-state index is 0.250. The van der Waals surface area contributed by atoms with Crippen molar-refractivity contribution in [3.8, 4) is 0 Å². The number of carbonyl (C=O) groups excluding carboxylic acids is 1. The lowest BCUT2D eigenvalue weighted by molar-refractivity contribution is 0.0849. The fourth-order valence-electron chi connectivity index (χ4n) is 3.03. The van der Waals surface area contributed by atoms with E-state index in [2.05, 4.69) is 18.7 Å². The predicted molar refractivity (Wildman–Crippen MR) is 74.9 cm³/mol. The normalized spacial score (nSPS) is 25.1. The third-order valence-electron chi connectivity index (χ3n) is 3.65. The van der Waals surface area contributed by atoms with E-state index >= 15 is 0 Å². The van der Waals surface area contributed by atoms with Gasteiger partial charge in [0.25, 0.3) is 0 Å². The van der Waals surface area contributed by atoms with E-state index in [-0.39, 0.29) is 5.78 Å². The van der Waals surface area contributed by atoms with Gasteiger partial charge in [-0.3, -0.25) is 9.69 Å². The minimum atomic E-state index is 0.250. The fraction of sp³-hybridized carbons (Fsp3) is 0.562. The van der Waals surface area contributed by atoms with Gasteiger partial charge in [0.1, 0.15) is 0 Å². The summed E-state index contributed by atoms with van der Waals surface area (Å²) in [6, 6.07) is 7.90. The molecule has 2 atom stereocenters. The number of aryl methyl sites for hydroxylation is 1. The highest BCUT2D eigenvalue weighted by Crippen LogP contribution is 2.21. The van der Waals surface area contributed by atoms with Gasteiger partial charge in [-0.25, -0.2) is 0 Å². The van der Waals surface area contributed by atoms with E-state index in [9.17, 15) is 4.79 Å². The van der Waals surface area contributed by atoms with Crippen molar-refractivity contribution in [2.24, 2.45) is 11.8 Å². The largest absolute Gasteiger partial charge is 0.295 e. The second-order valence-electron chi connectivity index (χ2n) is 5.93. The van der Waals surface area contributed by atoms with E-state index in [0.717, 1.165) is 24.2 Å². The molecule has 1 aromatic carbocycles. The summed E-state index contributed by atoms with van der Waals surface area (Å²) in [7, 11) is 0. The Balaban J connectivity index is 1.99. The number of benzene rings is 1. The predicted octanol–water partition coefficient (Wildman–Crippen LogP) is 3.16. The Morgan fingerprint density at radius 2 is 1.94 bits per heavy atom. The van der Waals surface area contributed by atoms with E-state index < -0.39 is 0 Å². The number of nitrogens with zero attached hydrogens (tertiary/aromatic N) is 1. The van der Waals surface area contributed by atoms with Crippen molar-refractivity contribution >= 4 is 5.78 Å². The summed E-state index contributed by atoms with van der Waals surface area (Å²) >= 11 is 0. The van der Waals surface area contributed by atoms with Crippen LogP contribution in [0.3, 0.4) is 0 Å². The minimum Gasteiger partial charge on any atom is -0.295 e. The Morgan fingerprint density at radius 1 is 1.28 bits per heavy atom. The summed E-state index contributed by atoms with van der Waals surface area (Å²) in [6.07, 6.45) is 1.29. The lowest BCUT2D eigenvalue weighted by Crippen LogP contribution is -2.41. The molecule has 1 aliphatic rings. The SMILES string of the molecule is Cc1cccc(C(=O)CN2CC(C)CC(C)C2)c1. The van der Waals surface area contributed by atoms with E-state index in [1.807, 2.05) is 31.2 Å². The zero-order valence-electron chi connectivity index (χ0n) is 11.6. The third-order valence-corrected chi connectivity index (χ3v) is 3.65. The monoisotopic (exact) mass is 245 g/mol. The Labute approximate surface area is 110 Å². The number of likely N-dealkylation sites (tertiary alicyclic amines) is 1. The number of ketones is 1. The summed E-state index contributed by atoms with van der Waals surface area (Å²) in [4.78, 5) is 14.5. The van der Waals surface area contributed by atoms with Gasteiger partial charge in [-0.1, -0.05) is 37.6 Å². The van der Waals surface area contributed by atoms with Gasteiger partial charge in [0.15, 0.2) is 5.78 Å². The summed E-state index contributed by atoms with van der Waals surface area (Å²) in [5.74, 6) is 1.66. The van der Waals surface area contributed by atoms with Crippen LogP contribution in [0, 0.1) is 18.8 Å². The van der Waals surface area contributed by atoms with Gasteiger partial charge in [0.05, 0.1) is 6.54 Å². The summed E-state index contributed by atoms with van der Waals surface area (Å²) in [6.45, 7) is 9.27. The van der Waals surface area contributed by atoms with E-state index in [1.165, 1.54) is 6.42 Å². The van der Waals surface area contributed by atoms with Crippen LogP contribution < -0.4 is 0 Å². The molecule has 1 aliphatic heterocycles. The summed E-state index contributed by atoms with van der Waals surface area (Å²) < 4.78 is 0. The van der Waals surface area contributed by atoms with Crippen molar-refractivity contribution in [2.75, 3.05) is 19.6 Å². The second-order valence-corrected chi connectivity index (χ2v) is 5.93. The van der Waals surface area contributed by atoms with Gasteiger partial charge in [-0.2, -0.15) is 0 Å². The highest BCUT2D eigenvalue weighted by Gasteiger charge is 2.23. The molecule has 1 heterocycles. The maximum Gasteiger partial charge on any atom is 0.176 e. The van der Waals surface area contributed by atoms with Crippen LogP contribution in [0.15, 0.2) is 24.3 Å². The molecule has 0 radical (unpaired) electrons. The molecule has 2 nitrogen and oxygen atoms in total. The van der Waals surface area contributed by atoms with Crippen molar-refractivity contribution in [1.29, 1.82) is 0 Å². The Bertz CT molecular complexity index is 417. The first-order valence-electron chi connectivity index (χ1n) is 6.87. The molecule has 0 spiro atoms. The number of Topliss-reactive ketones (excluding diaryl/α,β-unsaturated/α-hetero) is 1. The Kier molecular flexibility index (Phi) is 4.18. The Hall–Kier alpha value is -1.15. The van der Waals surface area contributed by atoms with Gasteiger partial charge in [-0.15, -0.1) is 0 Å². The zero-order valence-corrected chi connectivity index (χ0v) is 11.6. The van der Waals surface area contributed by atoms with Crippen LogP contribution in [0.4, 0.5) is 0 Å². The maximum absolute atomic E-state index is 12.2. The molecule has 1 aromatic rings. The number of rotatable bonds is 3. The van der Waals surface area contributed by atoms with Gasteiger partial charge in [-0.05, 0) is 31.2 Å². The zero-order chi connectivity index (χ0) is 13.1. The molecule has 0 saturated carbocycles. The van der Waals surface area contributed by atoms with Crippen LogP contribution in [0.5, 0.6) is 0 Å². The van der Waals surface area contributed by atoms with Crippen LogP contribution in [0.1, 0.15) is 36.2 Å². The molecule has 0 amide bonds. The molecule has 2 heteroatoms. The molecule has 0 N–H and O–H groups in total. The average Bonchev–Trinajstić information content (AvgIpc) is 2.27. The van der Waals surface area contributed by atoms with Crippen molar-refractivity contribution in [2.45, 2.75) is 27.2 Å². The lowest BCUT2D eigenvalue weighted by Gasteiger charge is -2.34. The van der Waals surface area contributed by atoms with Crippen LogP contribution in [-0.2, 0) is 0 Å². The van der Waals surface area contributed by atoms with E-state index in [0.29, 0.717) is 18.4 Å². The van der Waals surface area contributed by atoms with Gasteiger partial charge < -0.3 is 0 Å². The first-order chi connectivity index (χ1) is 8.54. The molecule has 98 valence electrons. The summed E-state index contributed by atoms with van der Waals surface area (Å²) in [5.41, 5.74) is 2.00. The number of piperidine rings is 1. The highest BCUT2D eigenvalue weighted by atomic mass is 16.1. The first kappa shape index (κ1) is 13.3. The van der Waals surface area contributed by atoms with E-state index in [4.69, 9.17) is 0 Å². The molecule has 0 aliphatic carbocycles. The van der Waals surface area contributed by atoms with Crippen molar-refractivity contribution in [3.63, 3.8) is 0 Å². The molecular formula is C16H23NO. The molecule has 1 fully saturated rings. The molecule has 2 unspecified atom stereocenters. The van der Waals surface area contributed by atoms with Crippen LogP contribution in [-0.4, -0.2) is 30.3 Å². The molecule has 2 rings (SSSR count). The highest BCUT2D eigenvalue weighted by molar-refractivity contribution is 5.97.